The topological polar surface area (TPSA) is 68.3 Å². The Morgan fingerprint density at radius 2 is 2.26 bits per heavy atom. The lowest BCUT2D eigenvalue weighted by Crippen LogP contribution is -2.22. The first-order valence-electron chi connectivity index (χ1n) is 5.88. The summed E-state index contributed by atoms with van der Waals surface area (Å²) in [7, 11) is 0. The Balaban J connectivity index is 2.02. The van der Waals surface area contributed by atoms with Crippen molar-refractivity contribution in [2.24, 2.45) is 5.73 Å². The Bertz CT molecular complexity index is 607. The van der Waals surface area contributed by atoms with E-state index in [0.717, 1.165) is 11.1 Å². The lowest BCUT2D eigenvalue weighted by Gasteiger charge is -2.03. The molecular weight excluding hydrogens is 240 g/mol. The molecule has 0 atom stereocenters. The fourth-order valence-electron chi connectivity index (χ4n) is 1.57. The minimum atomic E-state index is -0.141. The number of carbonyl (C=O) groups is 1. The first-order chi connectivity index (χ1) is 9.29. The van der Waals surface area contributed by atoms with Crippen LogP contribution in [0.25, 0.3) is 0 Å². The van der Waals surface area contributed by atoms with Crippen LogP contribution in [0, 0.1) is 11.8 Å². The molecule has 4 heteroatoms. The zero-order valence-corrected chi connectivity index (χ0v) is 10.3. The number of carbonyl (C=O) groups excluding carboxylic acids is 1. The van der Waals surface area contributed by atoms with Crippen molar-refractivity contribution < 1.29 is 9.21 Å². The summed E-state index contributed by atoms with van der Waals surface area (Å²) in [5.74, 6) is 5.52. The monoisotopic (exact) mass is 254 g/mol. The molecule has 3 N–H and O–H groups in total. The standard InChI is InChI=1S/C15H14N2O2/c16-7-2-4-12-3-1-5-14(9-12)15(18)17-10-13-6-8-19-11-13/h1,3,5-6,8-9,11H,7,10,16H2,(H,17,18). The number of hydrogen-bond donors (Lipinski definition) is 2. The zero-order chi connectivity index (χ0) is 13.5. The van der Waals surface area contributed by atoms with Crippen LogP contribution >= 0.6 is 0 Å². The van der Waals surface area contributed by atoms with Crippen LogP contribution in [0.4, 0.5) is 0 Å². The van der Waals surface area contributed by atoms with Gasteiger partial charge in [-0.15, -0.1) is 0 Å². The highest BCUT2D eigenvalue weighted by molar-refractivity contribution is 5.94. The van der Waals surface area contributed by atoms with Gasteiger partial charge in [0.25, 0.3) is 5.91 Å². The van der Waals surface area contributed by atoms with Gasteiger partial charge < -0.3 is 15.5 Å². The third kappa shape index (κ3) is 3.73. The molecule has 1 amide bonds. The minimum Gasteiger partial charge on any atom is -0.472 e. The zero-order valence-electron chi connectivity index (χ0n) is 10.3. The van der Waals surface area contributed by atoms with Crippen LogP contribution in [0.2, 0.25) is 0 Å². The third-order valence-electron chi connectivity index (χ3n) is 2.49. The van der Waals surface area contributed by atoms with Crippen LogP contribution in [0.3, 0.4) is 0 Å². The van der Waals surface area contributed by atoms with E-state index in [2.05, 4.69) is 17.2 Å². The van der Waals surface area contributed by atoms with Gasteiger partial charge in [0, 0.05) is 23.2 Å². The maximum absolute atomic E-state index is 12.0. The highest BCUT2D eigenvalue weighted by Crippen LogP contribution is 2.05. The minimum absolute atomic E-state index is 0.141. The second-order valence-electron chi connectivity index (χ2n) is 3.90. The van der Waals surface area contributed by atoms with Gasteiger partial charge >= 0.3 is 0 Å². The van der Waals surface area contributed by atoms with Crippen molar-refractivity contribution in [3.05, 3.63) is 59.5 Å². The molecular formula is C15H14N2O2. The highest BCUT2D eigenvalue weighted by Gasteiger charge is 2.05. The molecule has 0 radical (unpaired) electrons. The van der Waals surface area contributed by atoms with Gasteiger partial charge in [-0.05, 0) is 24.3 Å². The average molecular weight is 254 g/mol. The van der Waals surface area contributed by atoms with Gasteiger partial charge in [0.2, 0.25) is 0 Å². The van der Waals surface area contributed by atoms with Gasteiger partial charge in [-0.1, -0.05) is 17.9 Å². The molecule has 1 heterocycles. The van der Waals surface area contributed by atoms with Crippen LogP contribution in [-0.4, -0.2) is 12.5 Å². The van der Waals surface area contributed by atoms with Crippen molar-refractivity contribution in [1.29, 1.82) is 0 Å². The van der Waals surface area contributed by atoms with Crippen LogP contribution in [0.5, 0.6) is 0 Å². The summed E-state index contributed by atoms with van der Waals surface area (Å²) in [5, 5.41) is 2.81. The van der Waals surface area contributed by atoms with Gasteiger partial charge in [0.1, 0.15) is 0 Å². The number of benzene rings is 1. The molecule has 19 heavy (non-hydrogen) atoms. The molecule has 0 saturated heterocycles. The van der Waals surface area contributed by atoms with Crippen molar-refractivity contribution in [2.45, 2.75) is 6.54 Å². The molecule has 0 bridgehead atoms. The van der Waals surface area contributed by atoms with E-state index in [-0.39, 0.29) is 5.91 Å². The van der Waals surface area contributed by atoms with E-state index in [0.29, 0.717) is 18.7 Å². The van der Waals surface area contributed by atoms with Crippen molar-refractivity contribution >= 4 is 5.91 Å². The Kier molecular flexibility index (Phi) is 4.38. The average Bonchev–Trinajstić information content (AvgIpc) is 2.96. The number of amides is 1. The maximum atomic E-state index is 12.0. The van der Waals surface area contributed by atoms with Gasteiger partial charge in [0.05, 0.1) is 19.1 Å². The molecule has 1 aromatic carbocycles. The molecule has 0 aliphatic heterocycles. The molecule has 0 unspecified atom stereocenters. The van der Waals surface area contributed by atoms with E-state index in [1.54, 1.807) is 30.7 Å². The number of hydrogen-bond acceptors (Lipinski definition) is 3. The normalized spacial score (nSPS) is 9.53. The molecule has 96 valence electrons. The first kappa shape index (κ1) is 12.9. The van der Waals surface area contributed by atoms with Crippen molar-refractivity contribution in [2.75, 3.05) is 6.54 Å². The molecule has 2 rings (SSSR count). The predicted molar refractivity (Wildman–Crippen MR) is 72.3 cm³/mol. The summed E-state index contributed by atoms with van der Waals surface area (Å²) >= 11 is 0. The van der Waals surface area contributed by atoms with Gasteiger partial charge in [-0.2, -0.15) is 0 Å². The molecule has 0 aliphatic rings. The first-order valence-corrected chi connectivity index (χ1v) is 5.88. The summed E-state index contributed by atoms with van der Waals surface area (Å²) in [6, 6.07) is 8.94. The molecule has 0 aliphatic carbocycles. The second-order valence-corrected chi connectivity index (χ2v) is 3.90. The number of rotatable bonds is 3. The number of nitrogens with two attached hydrogens (primary N) is 1. The largest absolute Gasteiger partial charge is 0.472 e. The SMILES string of the molecule is NCC#Cc1cccc(C(=O)NCc2ccoc2)c1. The van der Waals surface area contributed by atoms with E-state index in [4.69, 9.17) is 10.2 Å². The summed E-state index contributed by atoms with van der Waals surface area (Å²) in [4.78, 5) is 12.0. The van der Waals surface area contributed by atoms with E-state index in [1.165, 1.54) is 0 Å². The molecule has 1 aromatic heterocycles. The summed E-state index contributed by atoms with van der Waals surface area (Å²) in [6.07, 6.45) is 3.17. The smallest absolute Gasteiger partial charge is 0.251 e. The Morgan fingerprint density at radius 1 is 1.37 bits per heavy atom. The fraction of sp³-hybridized carbons (Fsp3) is 0.133. The van der Waals surface area contributed by atoms with E-state index in [1.807, 2.05) is 12.1 Å². The van der Waals surface area contributed by atoms with E-state index < -0.39 is 0 Å². The Morgan fingerprint density at radius 3 is 3.00 bits per heavy atom. The summed E-state index contributed by atoms with van der Waals surface area (Å²) < 4.78 is 4.93. The van der Waals surface area contributed by atoms with E-state index in [9.17, 15) is 4.79 Å². The van der Waals surface area contributed by atoms with Crippen LogP contribution < -0.4 is 11.1 Å². The van der Waals surface area contributed by atoms with Gasteiger partial charge in [0.15, 0.2) is 0 Å². The second kappa shape index (κ2) is 6.43. The van der Waals surface area contributed by atoms with Crippen molar-refractivity contribution in [3.8, 4) is 11.8 Å². The quantitative estimate of drug-likeness (QED) is 0.816. The molecule has 0 saturated carbocycles. The molecule has 0 fully saturated rings. The highest BCUT2D eigenvalue weighted by atomic mass is 16.3. The van der Waals surface area contributed by atoms with Crippen LogP contribution in [0.1, 0.15) is 21.5 Å². The van der Waals surface area contributed by atoms with Crippen LogP contribution in [0.15, 0.2) is 47.3 Å². The summed E-state index contributed by atoms with van der Waals surface area (Å²) in [6.45, 7) is 0.741. The van der Waals surface area contributed by atoms with Crippen molar-refractivity contribution in [1.82, 2.24) is 5.32 Å². The summed E-state index contributed by atoms with van der Waals surface area (Å²) in [5.41, 5.74) is 7.59. The lowest BCUT2D eigenvalue weighted by atomic mass is 10.1. The third-order valence-corrected chi connectivity index (χ3v) is 2.49. The fourth-order valence-corrected chi connectivity index (χ4v) is 1.57. The molecule has 0 spiro atoms. The van der Waals surface area contributed by atoms with Crippen LogP contribution in [-0.2, 0) is 6.54 Å². The van der Waals surface area contributed by atoms with E-state index >= 15 is 0 Å². The van der Waals surface area contributed by atoms with Crippen molar-refractivity contribution in [3.63, 3.8) is 0 Å². The lowest BCUT2D eigenvalue weighted by molar-refractivity contribution is 0.0951. The number of furan rings is 1. The Labute approximate surface area is 111 Å². The van der Waals surface area contributed by atoms with Gasteiger partial charge in [-0.3, -0.25) is 4.79 Å². The molecule has 4 nitrogen and oxygen atoms in total. The molecule has 2 aromatic rings. The predicted octanol–water partition coefficient (Wildman–Crippen LogP) is 1.52. The van der Waals surface area contributed by atoms with Gasteiger partial charge in [-0.25, -0.2) is 0 Å². The Hall–Kier alpha value is -2.51. The maximum Gasteiger partial charge on any atom is 0.251 e. The number of nitrogens with one attached hydrogen (secondary N) is 1.